The molecule has 1 saturated carbocycles. The lowest BCUT2D eigenvalue weighted by Gasteiger charge is -2.10. The molecule has 3 heterocycles. The topological polar surface area (TPSA) is 77.2 Å². The van der Waals surface area contributed by atoms with Gasteiger partial charge in [-0.15, -0.1) is 10.2 Å². The van der Waals surface area contributed by atoms with Gasteiger partial charge in [-0.25, -0.2) is 4.98 Å². The molecule has 1 aliphatic carbocycles. The summed E-state index contributed by atoms with van der Waals surface area (Å²) in [4.78, 5) is 9.13. The Morgan fingerprint density at radius 2 is 2.06 bits per heavy atom. The predicted octanol–water partition coefficient (Wildman–Crippen LogP) is 4.33. The van der Waals surface area contributed by atoms with Gasteiger partial charge in [-0.2, -0.15) is 0 Å². The van der Waals surface area contributed by atoms with Gasteiger partial charge in [-0.3, -0.25) is 9.38 Å². The largest absolute Gasteiger partial charge is 0.492 e. The Kier molecular flexibility index (Phi) is 5.51. The Labute approximate surface area is 181 Å². The van der Waals surface area contributed by atoms with E-state index in [4.69, 9.17) is 9.72 Å². The lowest BCUT2D eigenvalue weighted by Crippen LogP contribution is -2.16. The number of pyridine rings is 1. The Balaban J connectivity index is 1.54. The Hall–Kier alpha value is -3.06. The second-order valence-electron chi connectivity index (χ2n) is 8.39. The van der Waals surface area contributed by atoms with Crippen molar-refractivity contribution in [3.05, 3.63) is 47.9 Å². The highest BCUT2D eigenvalue weighted by molar-refractivity contribution is 5.81. The highest BCUT2D eigenvalue weighted by Crippen LogP contribution is 2.28. The molecule has 1 aromatic carbocycles. The van der Waals surface area contributed by atoms with Gasteiger partial charge in [-0.1, -0.05) is 19.4 Å². The molecule has 31 heavy (non-hydrogen) atoms. The van der Waals surface area contributed by atoms with Crippen LogP contribution in [0.4, 0.5) is 0 Å². The number of ether oxygens (including phenoxy) is 1. The van der Waals surface area contributed by atoms with Gasteiger partial charge >= 0.3 is 0 Å². The van der Waals surface area contributed by atoms with E-state index in [1.54, 1.807) is 6.20 Å². The molecule has 1 fully saturated rings. The number of hydrogen-bond acceptors (Lipinski definition) is 6. The van der Waals surface area contributed by atoms with Gasteiger partial charge in [0.15, 0.2) is 11.5 Å². The number of nitrogens with one attached hydrogen (secondary N) is 1. The molecule has 1 N–H and O–H groups in total. The van der Waals surface area contributed by atoms with Crippen LogP contribution in [-0.4, -0.2) is 37.7 Å². The minimum Gasteiger partial charge on any atom is -0.492 e. The van der Waals surface area contributed by atoms with Gasteiger partial charge in [0.25, 0.3) is 0 Å². The fourth-order valence-electron chi connectivity index (χ4n) is 3.81. The van der Waals surface area contributed by atoms with Gasteiger partial charge in [-0.05, 0) is 62.4 Å². The van der Waals surface area contributed by atoms with E-state index < -0.39 is 0 Å². The maximum Gasteiger partial charge on any atom is 0.183 e. The van der Waals surface area contributed by atoms with Crippen LogP contribution in [-0.2, 0) is 6.54 Å². The van der Waals surface area contributed by atoms with E-state index >= 15 is 0 Å². The SMILES string of the molecule is CCCCOc1cncc(-c2nnc3c(C)nc4ccc(CNCC5CC5)cc4n23)c1. The molecular formula is C24H28N6O. The highest BCUT2D eigenvalue weighted by Gasteiger charge is 2.20. The summed E-state index contributed by atoms with van der Waals surface area (Å²) in [6, 6.07) is 8.41. The van der Waals surface area contributed by atoms with E-state index in [2.05, 4.69) is 50.0 Å². The van der Waals surface area contributed by atoms with Gasteiger partial charge < -0.3 is 10.1 Å². The van der Waals surface area contributed by atoms with Crippen molar-refractivity contribution in [1.29, 1.82) is 0 Å². The fourth-order valence-corrected chi connectivity index (χ4v) is 3.81. The van der Waals surface area contributed by atoms with Gasteiger partial charge in [0, 0.05) is 18.3 Å². The molecule has 7 nitrogen and oxygen atoms in total. The summed E-state index contributed by atoms with van der Waals surface area (Å²) in [6.45, 7) is 6.75. The molecule has 0 saturated heterocycles. The highest BCUT2D eigenvalue weighted by atomic mass is 16.5. The maximum atomic E-state index is 5.86. The molecule has 0 atom stereocenters. The van der Waals surface area contributed by atoms with E-state index in [0.717, 1.165) is 71.4 Å². The second-order valence-corrected chi connectivity index (χ2v) is 8.39. The lowest BCUT2D eigenvalue weighted by atomic mass is 10.1. The molecule has 160 valence electrons. The van der Waals surface area contributed by atoms with E-state index in [9.17, 15) is 0 Å². The zero-order chi connectivity index (χ0) is 21.2. The Morgan fingerprint density at radius 1 is 1.16 bits per heavy atom. The molecule has 0 amide bonds. The van der Waals surface area contributed by atoms with Crippen LogP contribution in [0.1, 0.15) is 43.9 Å². The minimum atomic E-state index is 0.686. The summed E-state index contributed by atoms with van der Waals surface area (Å²) in [6.07, 6.45) is 8.38. The molecule has 0 radical (unpaired) electrons. The third kappa shape index (κ3) is 4.23. The summed E-state index contributed by atoms with van der Waals surface area (Å²) in [5, 5.41) is 12.5. The number of rotatable bonds is 9. The second kappa shape index (κ2) is 8.59. The third-order valence-electron chi connectivity index (χ3n) is 5.75. The standard InChI is InChI=1S/C24H28N6O/c1-3-4-9-31-20-11-19(14-26-15-20)24-29-28-23-16(2)27-21-8-7-18(10-22(21)30(23)24)13-25-12-17-5-6-17/h7-8,10-11,14-15,17,25H,3-6,9,12-13H2,1-2H3. The van der Waals surface area contributed by atoms with Gasteiger partial charge in [0.1, 0.15) is 5.75 Å². The first kappa shape index (κ1) is 19.9. The number of benzene rings is 1. The van der Waals surface area contributed by atoms with E-state index in [1.165, 1.54) is 18.4 Å². The van der Waals surface area contributed by atoms with Crippen molar-refractivity contribution >= 4 is 16.7 Å². The summed E-state index contributed by atoms with van der Waals surface area (Å²) in [5.74, 6) is 2.37. The van der Waals surface area contributed by atoms with Crippen LogP contribution in [0, 0.1) is 12.8 Å². The zero-order valence-corrected chi connectivity index (χ0v) is 18.1. The number of aryl methyl sites for hydroxylation is 1. The summed E-state index contributed by atoms with van der Waals surface area (Å²) < 4.78 is 7.95. The zero-order valence-electron chi connectivity index (χ0n) is 18.1. The van der Waals surface area contributed by atoms with Crippen LogP contribution in [0.2, 0.25) is 0 Å². The fraction of sp³-hybridized carbons (Fsp3) is 0.417. The van der Waals surface area contributed by atoms with E-state index in [0.29, 0.717) is 6.61 Å². The van der Waals surface area contributed by atoms with E-state index in [-0.39, 0.29) is 0 Å². The van der Waals surface area contributed by atoms with Crippen LogP contribution >= 0.6 is 0 Å². The molecule has 3 aromatic heterocycles. The normalized spacial score (nSPS) is 13.9. The average Bonchev–Trinajstić information content (AvgIpc) is 3.49. The number of hydrogen-bond donors (Lipinski definition) is 1. The van der Waals surface area contributed by atoms with Gasteiger partial charge in [0.2, 0.25) is 0 Å². The third-order valence-corrected chi connectivity index (χ3v) is 5.75. The molecule has 5 rings (SSSR count). The molecule has 0 bridgehead atoms. The van der Waals surface area contributed by atoms with Crippen molar-refractivity contribution in [2.45, 2.75) is 46.1 Å². The van der Waals surface area contributed by atoms with Crippen LogP contribution < -0.4 is 10.1 Å². The number of fused-ring (bicyclic) bond motifs is 3. The first-order valence-corrected chi connectivity index (χ1v) is 11.2. The van der Waals surface area contributed by atoms with Crippen molar-refractivity contribution in [1.82, 2.24) is 29.9 Å². The van der Waals surface area contributed by atoms with Crippen molar-refractivity contribution in [2.75, 3.05) is 13.2 Å². The molecule has 0 unspecified atom stereocenters. The van der Waals surface area contributed by atoms with Crippen LogP contribution in [0.3, 0.4) is 0 Å². The Bertz CT molecular complexity index is 1210. The van der Waals surface area contributed by atoms with E-state index in [1.807, 2.05) is 19.2 Å². The Morgan fingerprint density at radius 3 is 2.90 bits per heavy atom. The van der Waals surface area contributed by atoms with Crippen molar-refractivity contribution in [3.8, 4) is 17.1 Å². The first-order valence-electron chi connectivity index (χ1n) is 11.2. The van der Waals surface area contributed by atoms with Crippen LogP contribution in [0.25, 0.3) is 28.1 Å². The monoisotopic (exact) mass is 416 g/mol. The molecule has 0 aliphatic heterocycles. The molecule has 7 heteroatoms. The van der Waals surface area contributed by atoms with Crippen molar-refractivity contribution in [2.24, 2.45) is 5.92 Å². The predicted molar refractivity (Wildman–Crippen MR) is 121 cm³/mol. The summed E-state index contributed by atoms with van der Waals surface area (Å²) >= 11 is 0. The summed E-state index contributed by atoms with van der Waals surface area (Å²) in [7, 11) is 0. The maximum absolute atomic E-state index is 5.86. The lowest BCUT2D eigenvalue weighted by molar-refractivity contribution is 0.308. The number of unbranched alkanes of at least 4 members (excludes halogenated alkanes) is 1. The van der Waals surface area contributed by atoms with Crippen molar-refractivity contribution < 1.29 is 4.74 Å². The number of aromatic nitrogens is 5. The smallest absolute Gasteiger partial charge is 0.183 e. The molecule has 0 spiro atoms. The van der Waals surface area contributed by atoms with Crippen molar-refractivity contribution in [3.63, 3.8) is 0 Å². The van der Waals surface area contributed by atoms with Crippen LogP contribution in [0.5, 0.6) is 5.75 Å². The molecule has 1 aliphatic rings. The molecule has 4 aromatic rings. The van der Waals surface area contributed by atoms with Gasteiger partial charge in [0.05, 0.1) is 29.5 Å². The first-order chi connectivity index (χ1) is 15.2. The molecular weight excluding hydrogens is 388 g/mol. The summed E-state index contributed by atoms with van der Waals surface area (Å²) in [5.41, 5.74) is 5.67. The van der Waals surface area contributed by atoms with Crippen LogP contribution in [0.15, 0.2) is 36.7 Å². The minimum absolute atomic E-state index is 0.686. The average molecular weight is 417 g/mol. The quantitative estimate of drug-likeness (QED) is 0.409. The number of nitrogens with zero attached hydrogens (tertiary/aromatic N) is 5.